The lowest BCUT2D eigenvalue weighted by Gasteiger charge is -2.25. The molecule has 0 spiro atoms. The van der Waals surface area contributed by atoms with Crippen LogP contribution in [0, 0.1) is 0 Å². The standard InChI is InChI=1S/C44H31N3/c1-5-15-32(16-6-1)39-23-13-14-24-40(39)35-27-30-41-42(31-35)46-44(43(45-41)33-17-7-2-8-18-33)34-25-28-38(29-26-34)47(36-19-9-3-10-20-36)37-21-11-4-12-22-37/h1-31H. The maximum atomic E-state index is 5.33. The number of benzene rings is 7. The highest BCUT2D eigenvalue weighted by atomic mass is 15.1. The van der Waals surface area contributed by atoms with Crippen LogP contribution in [-0.4, -0.2) is 9.97 Å². The van der Waals surface area contributed by atoms with Crippen LogP contribution in [0.5, 0.6) is 0 Å². The van der Waals surface area contributed by atoms with Crippen LogP contribution in [0.15, 0.2) is 188 Å². The molecule has 0 atom stereocenters. The van der Waals surface area contributed by atoms with Crippen molar-refractivity contribution in [2.45, 2.75) is 0 Å². The van der Waals surface area contributed by atoms with Crippen molar-refractivity contribution in [3.8, 4) is 44.8 Å². The second-order valence-electron chi connectivity index (χ2n) is 11.5. The molecule has 8 rings (SSSR count). The Kier molecular flexibility index (Phi) is 7.54. The molecule has 222 valence electrons. The first-order valence-corrected chi connectivity index (χ1v) is 15.8. The average Bonchev–Trinajstić information content (AvgIpc) is 3.16. The van der Waals surface area contributed by atoms with Crippen molar-refractivity contribution in [2.75, 3.05) is 4.90 Å². The van der Waals surface area contributed by atoms with Crippen LogP contribution in [0.3, 0.4) is 0 Å². The second-order valence-corrected chi connectivity index (χ2v) is 11.5. The minimum absolute atomic E-state index is 0.856. The van der Waals surface area contributed by atoms with Crippen LogP contribution in [0.2, 0.25) is 0 Å². The number of aromatic nitrogens is 2. The molecule has 0 aliphatic carbocycles. The molecular formula is C44H31N3. The minimum atomic E-state index is 0.856. The van der Waals surface area contributed by atoms with E-state index in [0.717, 1.165) is 56.2 Å². The Hall–Kier alpha value is -6.32. The fraction of sp³-hybridized carbons (Fsp3) is 0. The first kappa shape index (κ1) is 28.2. The van der Waals surface area contributed by atoms with Crippen LogP contribution in [-0.2, 0) is 0 Å². The molecule has 3 heteroatoms. The predicted octanol–water partition coefficient (Wildman–Crippen LogP) is 11.8. The Bertz CT molecular complexity index is 2230. The molecule has 47 heavy (non-hydrogen) atoms. The lowest BCUT2D eigenvalue weighted by atomic mass is 9.94. The van der Waals surface area contributed by atoms with E-state index >= 15 is 0 Å². The van der Waals surface area contributed by atoms with E-state index in [9.17, 15) is 0 Å². The summed E-state index contributed by atoms with van der Waals surface area (Å²) in [5.74, 6) is 0. The summed E-state index contributed by atoms with van der Waals surface area (Å²) in [7, 11) is 0. The highest BCUT2D eigenvalue weighted by Crippen LogP contribution is 2.38. The van der Waals surface area contributed by atoms with Gasteiger partial charge in [-0.25, -0.2) is 9.97 Å². The summed E-state index contributed by atoms with van der Waals surface area (Å²) in [6.07, 6.45) is 0. The third-order valence-electron chi connectivity index (χ3n) is 8.46. The quantitative estimate of drug-likeness (QED) is 0.182. The highest BCUT2D eigenvalue weighted by molar-refractivity contribution is 5.92. The number of fused-ring (bicyclic) bond motifs is 1. The number of hydrogen-bond donors (Lipinski definition) is 0. The van der Waals surface area contributed by atoms with Gasteiger partial charge in [0.15, 0.2) is 0 Å². The summed E-state index contributed by atoms with van der Waals surface area (Å²) in [6.45, 7) is 0. The van der Waals surface area contributed by atoms with Crippen LogP contribution in [0.25, 0.3) is 55.8 Å². The number of rotatable bonds is 7. The Labute approximate surface area is 275 Å². The predicted molar refractivity (Wildman–Crippen MR) is 196 cm³/mol. The Balaban J connectivity index is 1.25. The number of nitrogens with zero attached hydrogens (tertiary/aromatic N) is 3. The maximum absolute atomic E-state index is 5.33. The Morgan fingerprint density at radius 2 is 0.702 bits per heavy atom. The topological polar surface area (TPSA) is 29.0 Å². The van der Waals surface area contributed by atoms with Gasteiger partial charge in [0, 0.05) is 28.2 Å². The number of hydrogen-bond acceptors (Lipinski definition) is 3. The molecule has 0 unspecified atom stereocenters. The van der Waals surface area contributed by atoms with Crippen molar-refractivity contribution in [1.29, 1.82) is 0 Å². The molecule has 0 radical (unpaired) electrons. The fourth-order valence-electron chi connectivity index (χ4n) is 6.19. The van der Waals surface area contributed by atoms with Crippen molar-refractivity contribution in [2.24, 2.45) is 0 Å². The van der Waals surface area contributed by atoms with Crippen molar-refractivity contribution in [3.63, 3.8) is 0 Å². The van der Waals surface area contributed by atoms with Gasteiger partial charge in [-0.3, -0.25) is 0 Å². The van der Waals surface area contributed by atoms with E-state index in [1.165, 1.54) is 16.7 Å². The van der Waals surface area contributed by atoms with Gasteiger partial charge in [0.25, 0.3) is 0 Å². The molecule has 0 saturated carbocycles. The van der Waals surface area contributed by atoms with Gasteiger partial charge in [0.1, 0.15) is 0 Å². The molecule has 1 heterocycles. The van der Waals surface area contributed by atoms with Crippen molar-refractivity contribution < 1.29 is 0 Å². The molecule has 8 aromatic rings. The molecule has 0 saturated heterocycles. The zero-order chi connectivity index (χ0) is 31.4. The van der Waals surface area contributed by atoms with Crippen molar-refractivity contribution in [1.82, 2.24) is 9.97 Å². The fourth-order valence-corrected chi connectivity index (χ4v) is 6.19. The lowest BCUT2D eigenvalue weighted by molar-refractivity contribution is 1.27. The van der Waals surface area contributed by atoms with Crippen LogP contribution < -0.4 is 4.90 Å². The van der Waals surface area contributed by atoms with Gasteiger partial charge in [-0.05, 0) is 70.8 Å². The van der Waals surface area contributed by atoms with E-state index in [1.807, 2.05) is 18.2 Å². The van der Waals surface area contributed by atoms with Crippen LogP contribution in [0.1, 0.15) is 0 Å². The van der Waals surface area contributed by atoms with Crippen molar-refractivity contribution >= 4 is 28.1 Å². The Morgan fingerprint density at radius 1 is 0.298 bits per heavy atom. The monoisotopic (exact) mass is 601 g/mol. The molecule has 0 amide bonds. The third kappa shape index (κ3) is 5.67. The zero-order valence-corrected chi connectivity index (χ0v) is 25.7. The van der Waals surface area contributed by atoms with Gasteiger partial charge >= 0.3 is 0 Å². The summed E-state index contributed by atoms with van der Waals surface area (Å²) in [5.41, 5.74) is 13.4. The molecule has 0 aliphatic heterocycles. The van der Waals surface area contributed by atoms with E-state index < -0.39 is 0 Å². The molecule has 0 fully saturated rings. The largest absolute Gasteiger partial charge is 0.311 e. The first-order chi connectivity index (χ1) is 23.3. The smallest absolute Gasteiger partial charge is 0.0973 e. The average molecular weight is 602 g/mol. The summed E-state index contributed by atoms with van der Waals surface area (Å²) in [5, 5.41) is 0. The summed E-state index contributed by atoms with van der Waals surface area (Å²) in [4.78, 5) is 12.8. The van der Waals surface area contributed by atoms with Gasteiger partial charge in [0.2, 0.25) is 0 Å². The van der Waals surface area contributed by atoms with E-state index in [1.54, 1.807) is 0 Å². The first-order valence-electron chi connectivity index (χ1n) is 15.8. The normalized spacial score (nSPS) is 11.0. The molecule has 1 aromatic heterocycles. The highest BCUT2D eigenvalue weighted by Gasteiger charge is 2.17. The lowest BCUT2D eigenvalue weighted by Crippen LogP contribution is -2.09. The van der Waals surface area contributed by atoms with Gasteiger partial charge < -0.3 is 4.90 Å². The molecule has 3 nitrogen and oxygen atoms in total. The maximum Gasteiger partial charge on any atom is 0.0973 e. The SMILES string of the molecule is c1ccc(-c2ccccc2-c2ccc3nc(-c4ccccc4)c(-c4ccc(N(c5ccccc5)c5ccccc5)cc4)nc3c2)cc1. The van der Waals surface area contributed by atoms with Gasteiger partial charge in [-0.2, -0.15) is 0 Å². The molecule has 7 aromatic carbocycles. The molecular weight excluding hydrogens is 571 g/mol. The summed E-state index contributed by atoms with van der Waals surface area (Å²) >= 11 is 0. The van der Waals surface area contributed by atoms with Crippen LogP contribution in [0.4, 0.5) is 17.1 Å². The molecule has 0 bridgehead atoms. The van der Waals surface area contributed by atoms with Crippen molar-refractivity contribution in [3.05, 3.63) is 188 Å². The van der Waals surface area contributed by atoms with Crippen LogP contribution >= 0.6 is 0 Å². The third-order valence-corrected chi connectivity index (χ3v) is 8.46. The van der Waals surface area contributed by atoms with E-state index in [4.69, 9.17) is 9.97 Å². The second kappa shape index (κ2) is 12.6. The van der Waals surface area contributed by atoms with E-state index in [0.29, 0.717) is 0 Å². The van der Waals surface area contributed by atoms with E-state index in [2.05, 4.69) is 175 Å². The van der Waals surface area contributed by atoms with Gasteiger partial charge in [-0.15, -0.1) is 0 Å². The molecule has 0 aliphatic rings. The minimum Gasteiger partial charge on any atom is -0.311 e. The zero-order valence-electron chi connectivity index (χ0n) is 25.7. The Morgan fingerprint density at radius 3 is 1.28 bits per heavy atom. The summed E-state index contributed by atoms with van der Waals surface area (Å²) in [6, 6.07) is 65.4. The molecule has 0 N–H and O–H groups in total. The number of anilines is 3. The summed E-state index contributed by atoms with van der Waals surface area (Å²) < 4.78 is 0. The van der Waals surface area contributed by atoms with Gasteiger partial charge in [0.05, 0.1) is 22.4 Å². The van der Waals surface area contributed by atoms with Gasteiger partial charge in [-0.1, -0.05) is 140 Å². The van der Waals surface area contributed by atoms with E-state index in [-0.39, 0.29) is 0 Å². The number of para-hydroxylation sites is 2.